The molecule has 0 aliphatic rings. The number of hydrogen-bond donors (Lipinski definition) is 4. The molecule has 138 valence electrons. The summed E-state index contributed by atoms with van der Waals surface area (Å²) >= 11 is 0. The molecule has 0 amide bonds. The minimum atomic E-state index is -1.07. The quantitative estimate of drug-likeness (QED) is 0.148. The number of carboxylic acids is 2. The fourth-order valence-electron chi connectivity index (χ4n) is 2.04. The number of nitrogens with zero attached hydrogens (tertiary/aromatic N) is 2. The van der Waals surface area contributed by atoms with Gasteiger partial charge in [-0.1, -0.05) is 12.8 Å². The summed E-state index contributed by atoms with van der Waals surface area (Å²) in [5, 5.41) is 34.6. The monoisotopic (exact) mass is 348 g/mol. The molecule has 0 aliphatic heterocycles. The molecule has 0 saturated heterocycles. The Morgan fingerprint density at radius 1 is 0.792 bits per heavy atom. The Hall–Kier alpha value is -2.30. The number of rotatable bonds is 15. The number of carbonyl (C=O) groups is 2. The van der Waals surface area contributed by atoms with Gasteiger partial charge in [0.25, 0.3) is 0 Å². The molecule has 0 aromatic carbocycles. The summed E-state index contributed by atoms with van der Waals surface area (Å²) in [5.41, 5.74) is 0. The third-order valence-corrected chi connectivity index (χ3v) is 3.14. The first-order chi connectivity index (χ1) is 11.3. The zero-order valence-corrected chi connectivity index (χ0v) is 13.4. The molecule has 0 unspecified atom stereocenters. The van der Waals surface area contributed by atoms with Crippen molar-refractivity contribution in [2.24, 2.45) is 0 Å². The van der Waals surface area contributed by atoms with Crippen LogP contribution in [0.1, 0.15) is 25.7 Å². The highest BCUT2D eigenvalue weighted by atomic mass is 17.1. The summed E-state index contributed by atoms with van der Waals surface area (Å²) in [6.45, 7) is 6.89. The third-order valence-electron chi connectivity index (χ3n) is 3.14. The summed E-state index contributed by atoms with van der Waals surface area (Å²) < 4.78 is 0. The maximum atomic E-state index is 10.7. The first-order valence-corrected chi connectivity index (χ1v) is 7.26. The molecule has 0 bridgehead atoms. The van der Waals surface area contributed by atoms with Gasteiger partial charge >= 0.3 is 11.9 Å². The molecule has 0 spiro atoms. The second-order valence-corrected chi connectivity index (χ2v) is 5.03. The van der Waals surface area contributed by atoms with Crippen molar-refractivity contribution in [3.8, 4) is 0 Å². The first kappa shape index (κ1) is 21.7. The Morgan fingerprint density at radius 2 is 1.21 bits per heavy atom. The summed E-state index contributed by atoms with van der Waals surface area (Å²) in [7, 11) is 0. The van der Waals surface area contributed by atoms with Crippen LogP contribution in [0.15, 0.2) is 24.9 Å². The van der Waals surface area contributed by atoms with Gasteiger partial charge in [0.15, 0.2) is 0 Å². The van der Waals surface area contributed by atoms with Gasteiger partial charge in [-0.3, -0.25) is 19.4 Å². The summed E-state index contributed by atoms with van der Waals surface area (Å²) in [5.74, 6) is -2.44. The molecule has 0 fully saturated rings. The van der Waals surface area contributed by atoms with E-state index in [0.29, 0.717) is 25.9 Å². The van der Waals surface area contributed by atoms with E-state index in [1.54, 1.807) is 0 Å². The van der Waals surface area contributed by atoms with Crippen molar-refractivity contribution in [3.05, 3.63) is 24.9 Å². The molecule has 0 heterocycles. The highest BCUT2D eigenvalue weighted by molar-refractivity contribution is 5.72. The topological polar surface area (TPSA) is 140 Å². The van der Waals surface area contributed by atoms with Crippen molar-refractivity contribution in [2.45, 2.75) is 25.7 Å². The van der Waals surface area contributed by atoms with Crippen LogP contribution in [0.25, 0.3) is 0 Å². The van der Waals surface area contributed by atoms with E-state index in [2.05, 4.69) is 22.9 Å². The molecule has 0 saturated carbocycles. The molecule has 10 nitrogen and oxygen atoms in total. The van der Waals surface area contributed by atoms with Gasteiger partial charge in [0.05, 0.1) is 13.1 Å². The second-order valence-electron chi connectivity index (χ2n) is 5.03. The van der Waals surface area contributed by atoms with Crippen LogP contribution in [0.2, 0.25) is 0 Å². The first-order valence-electron chi connectivity index (χ1n) is 7.26. The number of aliphatic carboxylic acids is 2. The van der Waals surface area contributed by atoms with Crippen molar-refractivity contribution in [1.29, 1.82) is 0 Å². The zero-order chi connectivity index (χ0) is 18.5. The lowest BCUT2D eigenvalue weighted by molar-refractivity contribution is -0.251. The molecule has 0 rings (SSSR count). The third kappa shape index (κ3) is 9.66. The van der Waals surface area contributed by atoms with Crippen molar-refractivity contribution in [1.82, 2.24) is 9.80 Å². The van der Waals surface area contributed by atoms with E-state index in [-0.39, 0.29) is 24.9 Å². The van der Waals surface area contributed by atoms with Crippen LogP contribution in [-0.4, -0.2) is 68.6 Å². The lowest BCUT2D eigenvalue weighted by Gasteiger charge is -2.22. The Balaban J connectivity index is 4.09. The molecule has 4 N–H and O–H groups in total. The average Bonchev–Trinajstić information content (AvgIpc) is 2.51. The van der Waals surface area contributed by atoms with E-state index in [0.717, 1.165) is 12.8 Å². The van der Waals surface area contributed by atoms with Gasteiger partial charge < -0.3 is 20.0 Å². The fourth-order valence-corrected chi connectivity index (χ4v) is 2.04. The maximum absolute atomic E-state index is 10.7. The highest BCUT2D eigenvalue weighted by Gasteiger charge is 2.15. The number of hydrogen-bond acceptors (Lipinski definition) is 8. The molecular formula is C14H24N2O8. The predicted molar refractivity (Wildman–Crippen MR) is 82.6 cm³/mol. The Bertz CT molecular complexity index is 408. The molecule has 0 radical (unpaired) electrons. The van der Waals surface area contributed by atoms with Gasteiger partial charge in [0.1, 0.15) is 0 Å². The minimum Gasteiger partial charge on any atom is -0.480 e. The van der Waals surface area contributed by atoms with Crippen LogP contribution in [0.4, 0.5) is 0 Å². The minimum absolute atomic E-state index is 0.150. The van der Waals surface area contributed by atoms with Gasteiger partial charge in [-0.2, -0.15) is 0 Å². The Labute approximate surface area is 139 Å². The predicted octanol–water partition coefficient (Wildman–Crippen LogP) is 1.24. The van der Waals surface area contributed by atoms with E-state index >= 15 is 0 Å². The summed E-state index contributed by atoms with van der Waals surface area (Å²) in [6, 6.07) is 0. The van der Waals surface area contributed by atoms with Crippen LogP contribution in [0.5, 0.6) is 0 Å². The van der Waals surface area contributed by atoms with Crippen molar-refractivity contribution in [3.63, 3.8) is 0 Å². The van der Waals surface area contributed by atoms with E-state index in [9.17, 15) is 9.59 Å². The Kier molecular flexibility index (Phi) is 11.0. The van der Waals surface area contributed by atoms with Crippen molar-refractivity contribution in [2.75, 3.05) is 26.2 Å². The van der Waals surface area contributed by atoms with Gasteiger partial charge in [-0.15, -0.1) is 0 Å². The van der Waals surface area contributed by atoms with Crippen molar-refractivity contribution >= 4 is 11.9 Å². The Morgan fingerprint density at radius 3 is 1.58 bits per heavy atom. The highest BCUT2D eigenvalue weighted by Crippen LogP contribution is 2.13. The normalized spacial score (nSPS) is 10.3. The van der Waals surface area contributed by atoms with Gasteiger partial charge in [0, 0.05) is 6.54 Å². The van der Waals surface area contributed by atoms with E-state index in [4.69, 9.17) is 20.7 Å². The van der Waals surface area contributed by atoms with Crippen molar-refractivity contribution < 1.29 is 40.1 Å². The van der Waals surface area contributed by atoms with E-state index < -0.39 is 11.9 Å². The average molecular weight is 348 g/mol. The standard InChI is InChI=1S/C14H24N2O8/c1-11(23-21)16(12(2)24-22)8-6-4-3-5-7-15(9-13(17)18)10-14(19)20/h21-22H,1-10H2,(H,17,18)(H,19,20). The summed E-state index contributed by atoms with van der Waals surface area (Å²) in [4.78, 5) is 31.9. The SMILES string of the molecule is C=C(OO)N(CCCCCCN(CC(=O)O)CC(=O)O)C(=C)OO. The van der Waals surface area contributed by atoms with Crippen LogP contribution in [0, 0.1) is 0 Å². The lowest BCUT2D eigenvalue weighted by atomic mass is 10.2. The van der Waals surface area contributed by atoms with Gasteiger partial charge in [-0.25, -0.2) is 10.5 Å². The van der Waals surface area contributed by atoms with Gasteiger partial charge in [0.2, 0.25) is 11.8 Å². The smallest absolute Gasteiger partial charge is 0.317 e. The van der Waals surface area contributed by atoms with E-state index in [1.807, 2.05) is 0 Å². The number of carboxylic acid groups (broad SMARTS) is 2. The van der Waals surface area contributed by atoms with Crippen LogP contribution in [0.3, 0.4) is 0 Å². The van der Waals surface area contributed by atoms with Crippen LogP contribution >= 0.6 is 0 Å². The van der Waals surface area contributed by atoms with E-state index in [1.165, 1.54) is 9.80 Å². The fraction of sp³-hybridized carbons (Fsp3) is 0.571. The largest absolute Gasteiger partial charge is 0.480 e. The lowest BCUT2D eigenvalue weighted by Crippen LogP contribution is -2.35. The molecule has 10 heteroatoms. The molecule has 24 heavy (non-hydrogen) atoms. The van der Waals surface area contributed by atoms with Gasteiger partial charge in [-0.05, 0) is 32.5 Å². The van der Waals surface area contributed by atoms with Crippen LogP contribution < -0.4 is 0 Å². The maximum Gasteiger partial charge on any atom is 0.317 e. The molecule has 0 atom stereocenters. The zero-order valence-electron chi connectivity index (χ0n) is 13.4. The second kappa shape index (κ2) is 12.2. The molecule has 0 aromatic heterocycles. The molecule has 0 aliphatic carbocycles. The number of unbranched alkanes of at least 4 members (excludes halogenated alkanes) is 3. The molecular weight excluding hydrogens is 324 g/mol. The summed E-state index contributed by atoms with van der Waals surface area (Å²) in [6.07, 6.45) is 2.74. The van der Waals surface area contributed by atoms with Crippen LogP contribution in [-0.2, 0) is 19.4 Å². The molecule has 0 aromatic rings.